The van der Waals surface area contributed by atoms with Crippen LogP contribution in [0.3, 0.4) is 0 Å². The first-order valence-corrected chi connectivity index (χ1v) is 9.84. The average Bonchev–Trinajstić information content (AvgIpc) is 2.78. The quantitative estimate of drug-likeness (QED) is 0.599. The Morgan fingerprint density at radius 1 is 0.733 bits per heavy atom. The fourth-order valence-corrected chi connectivity index (χ4v) is 5.00. The van der Waals surface area contributed by atoms with Gasteiger partial charge in [0, 0.05) is 38.9 Å². The lowest BCUT2D eigenvalue weighted by Gasteiger charge is -2.53. The van der Waals surface area contributed by atoms with E-state index in [-0.39, 0.29) is 12.8 Å². The van der Waals surface area contributed by atoms with E-state index in [1.807, 2.05) is 60.7 Å². The molecule has 4 amide bonds. The third-order valence-electron chi connectivity index (χ3n) is 6.48. The van der Waals surface area contributed by atoms with Crippen LogP contribution in [-0.4, -0.2) is 37.9 Å². The van der Waals surface area contributed by atoms with E-state index in [2.05, 4.69) is 10.6 Å². The molecular weight excluding hydrogens is 384 g/mol. The molecule has 2 aliphatic rings. The Labute approximate surface area is 174 Å². The van der Waals surface area contributed by atoms with Crippen molar-refractivity contribution >= 4 is 17.8 Å². The standard InChI is InChI=1S/C23H24N2O5/c1-29-22(30-2)13-17(15-9-5-3-6-10-15)23(19(26)24-21(28)25-20(23)27)18(14-22)16-11-7-4-8-12-16/h3-12,17-18H,13-14H2,1-2H3,(H2,24,25,26,27,28). The highest BCUT2D eigenvalue weighted by atomic mass is 16.7. The van der Waals surface area contributed by atoms with Gasteiger partial charge in [0.05, 0.1) is 0 Å². The minimum Gasteiger partial charge on any atom is -0.353 e. The lowest BCUT2D eigenvalue weighted by Crippen LogP contribution is -2.69. The van der Waals surface area contributed by atoms with E-state index in [1.165, 1.54) is 0 Å². The maximum Gasteiger partial charge on any atom is 0.328 e. The SMILES string of the molecule is COC1(OC)CC(c2ccccc2)C2(C(=O)NC(=O)NC2=O)C(c2ccccc2)C1. The van der Waals surface area contributed by atoms with Crippen molar-refractivity contribution in [3.8, 4) is 0 Å². The van der Waals surface area contributed by atoms with Gasteiger partial charge < -0.3 is 9.47 Å². The van der Waals surface area contributed by atoms with Gasteiger partial charge in [0.25, 0.3) is 0 Å². The van der Waals surface area contributed by atoms with E-state index in [1.54, 1.807) is 14.2 Å². The molecule has 30 heavy (non-hydrogen) atoms. The second kappa shape index (κ2) is 7.66. The predicted octanol–water partition coefficient (Wildman–Crippen LogP) is 2.69. The van der Waals surface area contributed by atoms with Crippen LogP contribution in [0.4, 0.5) is 4.79 Å². The monoisotopic (exact) mass is 408 g/mol. The summed E-state index contributed by atoms with van der Waals surface area (Å²) in [6.45, 7) is 0. The highest BCUT2D eigenvalue weighted by Crippen LogP contribution is 2.59. The van der Waals surface area contributed by atoms with Crippen molar-refractivity contribution < 1.29 is 23.9 Å². The van der Waals surface area contributed by atoms with Crippen molar-refractivity contribution in [2.24, 2.45) is 5.41 Å². The molecule has 2 aromatic carbocycles. The molecule has 1 aliphatic carbocycles. The van der Waals surface area contributed by atoms with E-state index in [4.69, 9.17) is 9.47 Å². The number of ether oxygens (including phenoxy) is 2. The zero-order valence-electron chi connectivity index (χ0n) is 16.9. The van der Waals surface area contributed by atoms with Gasteiger partial charge in [-0.2, -0.15) is 0 Å². The number of amides is 4. The minimum atomic E-state index is -1.53. The van der Waals surface area contributed by atoms with E-state index in [9.17, 15) is 14.4 Å². The van der Waals surface area contributed by atoms with E-state index in [0.29, 0.717) is 0 Å². The van der Waals surface area contributed by atoms with Crippen LogP contribution in [0.5, 0.6) is 0 Å². The van der Waals surface area contributed by atoms with Gasteiger partial charge >= 0.3 is 6.03 Å². The molecule has 1 saturated carbocycles. The van der Waals surface area contributed by atoms with Crippen molar-refractivity contribution in [3.05, 3.63) is 71.8 Å². The number of carbonyl (C=O) groups is 3. The lowest BCUT2D eigenvalue weighted by molar-refractivity contribution is -0.242. The Bertz CT molecular complexity index is 883. The Balaban J connectivity index is 1.98. The van der Waals surface area contributed by atoms with Gasteiger partial charge in [0.15, 0.2) is 5.79 Å². The molecule has 2 N–H and O–H groups in total. The van der Waals surface area contributed by atoms with Crippen molar-refractivity contribution in [3.63, 3.8) is 0 Å². The molecular formula is C23H24N2O5. The van der Waals surface area contributed by atoms with Crippen molar-refractivity contribution in [2.75, 3.05) is 14.2 Å². The van der Waals surface area contributed by atoms with Gasteiger partial charge in [-0.25, -0.2) is 4.79 Å². The first-order valence-electron chi connectivity index (χ1n) is 9.84. The van der Waals surface area contributed by atoms with Crippen molar-refractivity contribution in [1.82, 2.24) is 10.6 Å². The maximum absolute atomic E-state index is 13.5. The Morgan fingerprint density at radius 3 is 1.50 bits per heavy atom. The van der Waals surface area contributed by atoms with Gasteiger partial charge in [-0.1, -0.05) is 60.7 Å². The molecule has 2 unspecified atom stereocenters. The van der Waals surface area contributed by atoms with Crippen molar-refractivity contribution in [1.29, 1.82) is 0 Å². The van der Waals surface area contributed by atoms with Gasteiger partial charge in [0.1, 0.15) is 5.41 Å². The summed E-state index contributed by atoms with van der Waals surface area (Å²) in [4.78, 5) is 38.9. The van der Waals surface area contributed by atoms with Gasteiger partial charge in [-0.05, 0) is 11.1 Å². The number of carbonyl (C=O) groups excluding carboxylic acids is 3. The first kappa shape index (κ1) is 20.3. The number of methoxy groups -OCH3 is 2. The molecule has 0 bridgehead atoms. The molecule has 7 nitrogen and oxygen atoms in total. The molecule has 156 valence electrons. The number of nitrogens with one attached hydrogen (secondary N) is 2. The van der Waals surface area contributed by atoms with E-state index < -0.39 is 40.9 Å². The number of benzene rings is 2. The summed E-state index contributed by atoms with van der Waals surface area (Å²) in [5.41, 5.74) is 0.0736. The van der Waals surface area contributed by atoms with E-state index in [0.717, 1.165) is 11.1 Å². The molecule has 1 aliphatic heterocycles. The van der Waals surface area contributed by atoms with Crippen LogP contribution in [0.25, 0.3) is 0 Å². The van der Waals surface area contributed by atoms with E-state index >= 15 is 0 Å². The molecule has 2 atom stereocenters. The Hall–Kier alpha value is -3.03. The Morgan fingerprint density at radius 2 is 1.13 bits per heavy atom. The third-order valence-corrected chi connectivity index (χ3v) is 6.48. The summed E-state index contributed by atoms with van der Waals surface area (Å²) in [5.74, 6) is -3.34. The number of urea groups is 1. The highest BCUT2D eigenvalue weighted by molar-refractivity contribution is 6.20. The molecule has 4 rings (SSSR count). The van der Waals surface area contributed by atoms with Crippen LogP contribution >= 0.6 is 0 Å². The van der Waals surface area contributed by atoms with Crippen LogP contribution in [0.15, 0.2) is 60.7 Å². The summed E-state index contributed by atoms with van der Waals surface area (Å²) < 4.78 is 11.6. The number of hydrogen-bond acceptors (Lipinski definition) is 5. The molecule has 2 fully saturated rings. The summed E-state index contributed by atoms with van der Waals surface area (Å²) in [6.07, 6.45) is 0.560. The lowest BCUT2D eigenvalue weighted by atomic mass is 9.53. The van der Waals surface area contributed by atoms with Gasteiger partial charge in [-0.15, -0.1) is 0 Å². The van der Waals surface area contributed by atoms with Gasteiger partial charge in [0.2, 0.25) is 11.8 Å². The fourth-order valence-electron chi connectivity index (χ4n) is 5.00. The zero-order chi connectivity index (χ0) is 21.4. The number of barbiturate groups is 1. The molecule has 1 saturated heterocycles. The molecule has 0 radical (unpaired) electrons. The molecule has 2 aromatic rings. The normalized spacial score (nSPS) is 24.9. The number of imide groups is 2. The second-order valence-corrected chi connectivity index (χ2v) is 7.76. The number of hydrogen-bond donors (Lipinski definition) is 2. The third kappa shape index (κ3) is 3.02. The minimum absolute atomic E-state index is 0.280. The van der Waals surface area contributed by atoms with Crippen LogP contribution in [0.1, 0.15) is 35.8 Å². The molecule has 7 heteroatoms. The predicted molar refractivity (Wildman–Crippen MR) is 108 cm³/mol. The van der Waals surface area contributed by atoms with Crippen LogP contribution in [-0.2, 0) is 19.1 Å². The topological polar surface area (TPSA) is 93.7 Å². The smallest absolute Gasteiger partial charge is 0.328 e. The maximum atomic E-state index is 13.5. The summed E-state index contributed by atoms with van der Waals surface area (Å²) in [6, 6.07) is 17.9. The Kier molecular flexibility index (Phi) is 5.17. The van der Waals surface area contributed by atoms with Crippen molar-refractivity contribution in [2.45, 2.75) is 30.5 Å². The first-order chi connectivity index (χ1) is 14.5. The number of rotatable bonds is 4. The summed E-state index contributed by atoms with van der Waals surface area (Å²) >= 11 is 0. The van der Waals surface area contributed by atoms with Crippen LogP contribution in [0.2, 0.25) is 0 Å². The zero-order valence-corrected chi connectivity index (χ0v) is 16.9. The highest BCUT2D eigenvalue weighted by Gasteiger charge is 2.66. The molecule has 1 heterocycles. The summed E-state index contributed by atoms with van der Waals surface area (Å²) in [7, 11) is 3.13. The summed E-state index contributed by atoms with van der Waals surface area (Å²) in [5, 5.41) is 4.68. The largest absolute Gasteiger partial charge is 0.353 e. The van der Waals surface area contributed by atoms with Gasteiger partial charge in [-0.3, -0.25) is 20.2 Å². The molecule has 0 aromatic heterocycles. The average molecular weight is 408 g/mol. The fraction of sp³-hybridized carbons (Fsp3) is 0.348. The second-order valence-electron chi connectivity index (χ2n) is 7.76. The molecule has 1 spiro atoms. The van der Waals surface area contributed by atoms with Crippen LogP contribution in [0, 0.1) is 5.41 Å². The van der Waals surface area contributed by atoms with Crippen LogP contribution < -0.4 is 10.6 Å².